The lowest BCUT2D eigenvalue weighted by Crippen LogP contribution is -2.06. The number of rotatable bonds is 3. The minimum absolute atomic E-state index is 0.0865. The summed E-state index contributed by atoms with van der Waals surface area (Å²) < 4.78 is 11.9. The Labute approximate surface area is 130 Å². The van der Waals surface area contributed by atoms with Crippen LogP contribution in [0.15, 0.2) is 41.2 Å². The van der Waals surface area contributed by atoms with Gasteiger partial charge in [-0.1, -0.05) is 6.07 Å². The Morgan fingerprint density at radius 1 is 1.18 bits per heavy atom. The minimum Gasteiger partial charge on any atom is -0.496 e. The van der Waals surface area contributed by atoms with Crippen molar-refractivity contribution in [3.8, 4) is 5.75 Å². The molecule has 0 spiro atoms. The fourth-order valence-electron chi connectivity index (χ4n) is 2.38. The Morgan fingerprint density at radius 3 is 2.73 bits per heavy atom. The number of esters is 1. The summed E-state index contributed by atoms with van der Waals surface area (Å²) in [6.07, 6.45) is 0. The predicted octanol–water partition coefficient (Wildman–Crippen LogP) is 3.60. The van der Waals surface area contributed by atoms with Gasteiger partial charge < -0.3 is 9.47 Å². The molecule has 0 aliphatic heterocycles. The Bertz CT molecular complexity index is 927. The van der Waals surface area contributed by atoms with Crippen LogP contribution in [0.4, 0.5) is 0 Å². The zero-order valence-electron chi connectivity index (χ0n) is 12.2. The molecule has 5 heteroatoms. The second-order valence-corrected chi connectivity index (χ2v) is 5.78. The van der Waals surface area contributed by atoms with Crippen LogP contribution in [0.5, 0.6) is 5.75 Å². The van der Waals surface area contributed by atoms with Gasteiger partial charge in [0.05, 0.1) is 24.7 Å². The summed E-state index contributed by atoms with van der Waals surface area (Å²) in [4.78, 5) is 24.5. The molecule has 0 fully saturated rings. The lowest BCUT2D eigenvalue weighted by Gasteiger charge is -2.07. The fourth-order valence-corrected chi connectivity index (χ4v) is 3.51. The molecule has 112 valence electrons. The van der Waals surface area contributed by atoms with E-state index in [9.17, 15) is 9.59 Å². The average molecular weight is 314 g/mol. The lowest BCUT2D eigenvalue weighted by molar-refractivity contribution is 0.0526. The quantitative estimate of drug-likeness (QED) is 0.547. The first-order chi connectivity index (χ1) is 10.7. The maximum absolute atomic E-state index is 12.7. The Morgan fingerprint density at radius 2 is 2.00 bits per heavy atom. The highest BCUT2D eigenvalue weighted by atomic mass is 32.1. The van der Waals surface area contributed by atoms with Crippen molar-refractivity contribution in [1.82, 2.24) is 0 Å². The first-order valence-electron chi connectivity index (χ1n) is 6.86. The zero-order valence-corrected chi connectivity index (χ0v) is 13.0. The van der Waals surface area contributed by atoms with Crippen molar-refractivity contribution < 1.29 is 14.3 Å². The van der Waals surface area contributed by atoms with Gasteiger partial charge >= 0.3 is 5.97 Å². The van der Waals surface area contributed by atoms with Crippen molar-refractivity contribution in [2.75, 3.05) is 13.7 Å². The molecule has 0 bridgehead atoms. The van der Waals surface area contributed by atoms with Crippen LogP contribution in [0.3, 0.4) is 0 Å². The monoisotopic (exact) mass is 314 g/mol. The van der Waals surface area contributed by atoms with Gasteiger partial charge in [-0.15, -0.1) is 11.3 Å². The van der Waals surface area contributed by atoms with E-state index in [0.717, 1.165) is 9.40 Å². The number of carbonyl (C=O) groups is 1. The zero-order chi connectivity index (χ0) is 15.7. The van der Waals surface area contributed by atoms with Crippen LogP contribution in [0.1, 0.15) is 17.3 Å². The third-order valence-corrected chi connectivity index (χ3v) is 4.51. The summed E-state index contributed by atoms with van der Waals surface area (Å²) in [5.41, 5.74) is 0.365. The minimum atomic E-state index is -0.380. The van der Waals surface area contributed by atoms with E-state index in [1.807, 2.05) is 12.1 Å². The second kappa shape index (κ2) is 5.77. The van der Waals surface area contributed by atoms with E-state index < -0.39 is 0 Å². The highest BCUT2D eigenvalue weighted by Gasteiger charge is 2.13. The summed E-state index contributed by atoms with van der Waals surface area (Å²) in [6, 6.07) is 10.5. The molecule has 4 nitrogen and oxygen atoms in total. The van der Waals surface area contributed by atoms with Crippen LogP contribution in [0, 0.1) is 0 Å². The van der Waals surface area contributed by atoms with Crippen LogP contribution in [0.25, 0.3) is 20.2 Å². The lowest BCUT2D eigenvalue weighted by atomic mass is 10.1. The summed E-state index contributed by atoms with van der Waals surface area (Å²) in [5.74, 6) is 0.185. The van der Waals surface area contributed by atoms with E-state index in [2.05, 4.69) is 0 Å². The Balaban J connectivity index is 2.30. The van der Waals surface area contributed by atoms with E-state index in [1.54, 1.807) is 38.3 Å². The topological polar surface area (TPSA) is 52.6 Å². The van der Waals surface area contributed by atoms with Crippen LogP contribution in [-0.4, -0.2) is 19.7 Å². The maximum Gasteiger partial charge on any atom is 0.338 e. The molecule has 1 heterocycles. The van der Waals surface area contributed by atoms with Gasteiger partial charge in [-0.3, -0.25) is 4.79 Å². The van der Waals surface area contributed by atoms with Crippen LogP contribution in [-0.2, 0) is 4.74 Å². The number of ether oxygens (including phenoxy) is 2. The van der Waals surface area contributed by atoms with Crippen LogP contribution in [0.2, 0.25) is 0 Å². The summed E-state index contributed by atoms with van der Waals surface area (Å²) >= 11 is 1.46. The number of hydrogen-bond donors (Lipinski definition) is 0. The predicted molar refractivity (Wildman–Crippen MR) is 88.1 cm³/mol. The standard InChI is InChI=1S/C17H14O4S/c1-3-21-17(19)10-7-8-11-14(9-10)22-13-6-4-5-12(20-2)15(13)16(11)18/h4-9H,3H2,1-2H3. The van der Waals surface area contributed by atoms with Crippen molar-refractivity contribution in [3.05, 3.63) is 52.2 Å². The van der Waals surface area contributed by atoms with Crippen molar-refractivity contribution in [3.63, 3.8) is 0 Å². The van der Waals surface area contributed by atoms with Crippen LogP contribution >= 0.6 is 11.3 Å². The average Bonchev–Trinajstić information content (AvgIpc) is 2.54. The van der Waals surface area contributed by atoms with Crippen LogP contribution < -0.4 is 10.2 Å². The SMILES string of the molecule is CCOC(=O)c1ccc2c(=O)c3c(OC)cccc3sc2c1. The van der Waals surface area contributed by atoms with E-state index in [0.29, 0.717) is 28.7 Å². The van der Waals surface area contributed by atoms with Gasteiger partial charge in [-0.05, 0) is 37.3 Å². The molecule has 0 radical (unpaired) electrons. The van der Waals surface area contributed by atoms with Crippen molar-refractivity contribution >= 4 is 37.5 Å². The molecule has 3 aromatic rings. The molecule has 0 saturated carbocycles. The fraction of sp³-hybridized carbons (Fsp3) is 0.176. The number of hydrogen-bond acceptors (Lipinski definition) is 5. The first kappa shape index (κ1) is 14.5. The Kier molecular flexibility index (Phi) is 3.81. The largest absolute Gasteiger partial charge is 0.496 e. The van der Waals surface area contributed by atoms with Crippen molar-refractivity contribution in [2.24, 2.45) is 0 Å². The number of methoxy groups -OCH3 is 1. The molecular weight excluding hydrogens is 300 g/mol. The molecule has 3 rings (SSSR count). The molecule has 0 unspecified atom stereocenters. The normalized spacial score (nSPS) is 10.8. The van der Waals surface area contributed by atoms with Crippen molar-refractivity contribution in [2.45, 2.75) is 6.92 Å². The van der Waals surface area contributed by atoms with Gasteiger partial charge in [-0.25, -0.2) is 4.79 Å². The van der Waals surface area contributed by atoms with E-state index >= 15 is 0 Å². The van der Waals surface area contributed by atoms with Gasteiger partial charge in [-0.2, -0.15) is 0 Å². The highest BCUT2D eigenvalue weighted by molar-refractivity contribution is 7.24. The number of carbonyl (C=O) groups excluding carboxylic acids is 1. The molecule has 0 saturated heterocycles. The summed E-state index contributed by atoms with van der Waals surface area (Å²) in [7, 11) is 1.55. The maximum atomic E-state index is 12.7. The second-order valence-electron chi connectivity index (χ2n) is 4.70. The molecule has 0 aliphatic carbocycles. The van der Waals surface area contributed by atoms with Gasteiger partial charge in [0.25, 0.3) is 0 Å². The molecule has 0 atom stereocenters. The Hall–Kier alpha value is -2.40. The molecule has 0 N–H and O–H groups in total. The molecule has 0 aliphatic rings. The smallest absolute Gasteiger partial charge is 0.338 e. The van der Waals surface area contributed by atoms with E-state index in [4.69, 9.17) is 9.47 Å². The van der Waals surface area contributed by atoms with Gasteiger partial charge in [0, 0.05) is 14.8 Å². The summed E-state index contributed by atoms with van der Waals surface area (Å²) in [6.45, 7) is 2.08. The van der Waals surface area contributed by atoms with Crippen molar-refractivity contribution in [1.29, 1.82) is 0 Å². The molecule has 22 heavy (non-hydrogen) atoms. The first-order valence-corrected chi connectivity index (χ1v) is 7.68. The van der Waals surface area contributed by atoms with Gasteiger partial charge in [0.15, 0.2) is 5.43 Å². The molecular formula is C17H14O4S. The van der Waals surface area contributed by atoms with Gasteiger partial charge in [0.1, 0.15) is 5.75 Å². The highest BCUT2D eigenvalue weighted by Crippen LogP contribution is 2.30. The molecule has 2 aromatic carbocycles. The van der Waals surface area contributed by atoms with E-state index in [-0.39, 0.29) is 11.4 Å². The van der Waals surface area contributed by atoms with E-state index in [1.165, 1.54) is 11.3 Å². The third kappa shape index (κ3) is 2.33. The molecule has 1 aromatic heterocycles. The third-order valence-electron chi connectivity index (χ3n) is 3.39. The number of benzene rings is 2. The summed E-state index contributed by atoms with van der Waals surface area (Å²) in [5, 5.41) is 1.15. The molecule has 0 amide bonds. The number of fused-ring (bicyclic) bond motifs is 2. The van der Waals surface area contributed by atoms with Gasteiger partial charge in [0.2, 0.25) is 0 Å².